The van der Waals surface area contributed by atoms with Gasteiger partial charge in [-0.1, -0.05) is 12.1 Å². The SMILES string of the molecule is COC(=O)CN1C(=O)NC(=Cc2ccc(N3CCCC3)cc2)C1=O. The molecule has 24 heavy (non-hydrogen) atoms. The summed E-state index contributed by atoms with van der Waals surface area (Å²) in [6.45, 7) is 1.74. The lowest BCUT2D eigenvalue weighted by molar-refractivity contribution is -0.143. The Kier molecular flexibility index (Phi) is 4.50. The first-order valence-electron chi connectivity index (χ1n) is 7.85. The minimum absolute atomic E-state index is 0.151. The summed E-state index contributed by atoms with van der Waals surface area (Å²) in [6, 6.07) is 7.20. The predicted molar refractivity (Wildman–Crippen MR) is 88.1 cm³/mol. The minimum Gasteiger partial charge on any atom is -0.468 e. The summed E-state index contributed by atoms with van der Waals surface area (Å²) in [4.78, 5) is 38.4. The lowest BCUT2D eigenvalue weighted by atomic mass is 10.1. The van der Waals surface area contributed by atoms with Gasteiger partial charge in [-0.15, -0.1) is 0 Å². The Hall–Kier alpha value is -2.83. The van der Waals surface area contributed by atoms with Crippen LogP contribution in [-0.2, 0) is 14.3 Å². The molecule has 2 saturated heterocycles. The molecule has 2 aliphatic heterocycles. The number of amides is 3. The third kappa shape index (κ3) is 3.24. The molecule has 0 saturated carbocycles. The van der Waals surface area contributed by atoms with E-state index >= 15 is 0 Å². The molecule has 0 unspecified atom stereocenters. The molecular weight excluding hydrogens is 310 g/mol. The van der Waals surface area contributed by atoms with Gasteiger partial charge in [0.25, 0.3) is 5.91 Å². The van der Waals surface area contributed by atoms with Crippen LogP contribution in [0.15, 0.2) is 30.0 Å². The predicted octanol–water partition coefficient (Wildman–Crippen LogP) is 1.35. The Morgan fingerprint density at radius 2 is 1.88 bits per heavy atom. The van der Waals surface area contributed by atoms with Gasteiger partial charge in [0.2, 0.25) is 0 Å². The summed E-state index contributed by atoms with van der Waals surface area (Å²) in [5, 5.41) is 2.48. The first kappa shape index (κ1) is 16.0. The molecule has 0 bridgehead atoms. The fraction of sp³-hybridized carbons (Fsp3) is 0.353. The van der Waals surface area contributed by atoms with Crippen molar-refractivity contribution in [2.45, 2.75) is 12.8 Å². The van der Waals surface area contributed by atoms with Crippen molar-refractivity contribution in [2.75, 3.05) is 31.6 Å². The standard InChI is InChI=1S/C17H19N3O4/c1-24-15(21)11-20-16(22)14(18-17(20)23)10-12-4-6-13(7-5-12)19-8-2-3-9-19/h4-7,10H,2-3,8-9,11H2,1H3,(H,18,23). The van der Waals surface area contributed by atoms with Crippen molar-refractivity contribution < 1.29 is 19.1 Å². The fourth-order valence-corrected chi connectivity index (χ4v) is 2.83. The number of hydrogen-bond acceptors (Lipinski definition) is 5. The highest BCUT2D eigenvalue weighted by molar-refractivity contribution is 6.15. The second kappa shape index (κ2) is 6.74. The highest BCUT2D eigenvalue weighted by atomic mass is 16.5. The van der Waals surface area contributed by atoms with Crippen LogP contribution in [0.1, 0.15) is 18.4 Å². The smallest absolute Gasteiger partial charge is 0.329 e. The van der Waals surface area contributed by atoms with Gasteiger partial charge in [-0.2, -0.15) is 0 Å². The van der Waals surface area contributed by atoms with Gasteiger partial charge in [-0.25, -0.2) is 9.69 Å². The number of imide groups is 1. The highest BCUT2D eigenvalue weighted by Crippen LogP contribution is 2.22. The average Bonchev–Trinajstić information content (AvgIpc) is 3.20. The van der Waals surface area contributed by atoms with Crippen molar-refractivity contribution in [3.63, 3.8) is 0 Å². The fourth-order valence-electron chi connectivity index (χ4n) is 2.83. The molecule has 0 spiro atoms. The van der Waals surface area contributed by atoms with E-state index in [9.17, 15) is 14.4 Å². The number of benzene rings is 1. The normalized spacial score (nSPS) is 19.1. The van der Waals surface area contributed by atoms with E-state index in [1.807, 2.05) is 24.3 Å². The lowest BCUT2D eigenvalue weighted by Gasteiger charge is -2.17. The van der Waals surface area contributed by atoms with Crippen LogP contribution in [0.4, 0.5) is 10.5 Å². The van der Waals surface area contributed by atoms with Crippen LogP contribution in [-0.4, -0.2) is 49.6 Å². The number of urea groups is 1. The molecule has 2 heterocycles. The van der Waals surface area contributed by atoms with Crippen LogP contribution < -0.4 is 10.2 Å². The Morgan fingerprint density at radius 1 is 1.21 bits per heavy atom. The maximum atomic E-state index is 12.2. The number of nitrogens with one attached hydrogen (secondary N) is 1. The van der Waals surface area contributed by atoms with E-state index < -0.39 is 24.5 Å². The summed E-state index contributed by atoms with van der Waals surface area (Å²) in [5.41, 5.74) is 2.11. The Balaban J connectivity index is 1.72. The zero-order valence-corrected chi connectivity index (χ0v) is 13.4. The first-order valence-corrected chi connectivity index (χ1v) is 7.85. The molecule has 2 fully saturated rings. The number of anilines is 1. The molecule has 3 amide bonds. The summed E-state index contributed by atoms with van der Waals surface area (Å²) >= 11 is 0. The Labute approximate surface area is 139 Å². The first-order chi connectivity index (χ1) is 11.6. The number of carbonyl (C=O) groups is 3. The van der Waals surface area contributed by atoms with Crippen LogP contribution >= 0.6 is 0 Å². The number of hydrogen-bond donors (Lipinski definition) is 1. The lowest BCUT2D eigenvalue weighted by Crippen LogP contribution is -2.36. The Morgan fingerprint density at radius 3 is 2.50 bits per heavy atom. The van der Waals surface area contributed by atoms with Gasteiger partial charge >= 0.3 is 12.0 Å². The molecule has 0 aromatic heterocycles. The third-order valence-electron chi connectivity index (χ3n) is 4.15. The summed E-state index contributed by atoms with van der Waals surface area (Å²) in [5.74, 6) is -1.18. The van der Waals surface area contributed by atoms with Crippen molar-refractivity contribution in [3.8, 4) is 0 Å². The summed E-state index contributed by atoms with van der Waals surface area (Å²) < 4.78 is 4.49. The molecular formula is C17H19N3O4. The van der Waals surface area contributed by atoms with Crippen molar-refractivity contribution in [1.29, 1.82) is 0 Å². The number of nitrogens with zero attached hydrogens (tertiary/aromatic N) is 2. The van der Waals surface area contributed by atoms with Gasteiger partial charge in [0.05, 0.1) is 7.11 Å². The van der Waals surface area contributed by atoms with E-state index in [-0.39, 0.29) is 5.70 Å². The van der Waals surface area contributed by atoms with Crippen molar-refractivity contribution in [1.82, 2.24) is 10.2 Å². The number of esters is 1. The largest absolute Gasteiger partial charge is 0.468 e. The van der Waals surface area contributed by atoms with Gasteiger partial charge in [0.1, 0.15) is 12.2 Å². The maximum absolute atomic E-state index is 12.2. The van der Waals surface area contributed by atoms with Crippen LogP contribution in [0.5, 0.6) is 0 Å². The minimum atomic E-state index is -0.644. The Bertz CT molecular complexity index is 690. The number of methoxy groups -OCH3 is 1. The van der Waals surface area contributed by atoms with E-state index in [4.69, 9.17) is 0 Å². The van der Waals surface area contributed by atoms with E-state index in [0.29, 0.717) is 0 Å². The molecule has 1 aromatic rings. The number of ether oxygens (including phenoxy) is 1. The molecule has 2 aliphatic rings. The van der Waals surface area contributed by atoms with Crippen molar-refractivity contribution in [3.05, 3.63) is 35.5 Å². The average molecular weight is 329 g/mol. The van der Waals surface area contributed by atoms with Gasteiger partial charge < -0.3 is 15.0 Å². The van der Waals surface area contributed by atoms with Crippen molar-refractivity contribution >= 4 is 29.7 Å². The van der Waals surface area contributed by atoms with E-state index in [1.54, 1.807) is 6.08 Å². The third-order valence-corrected chi connectivity index (χ3v) is 4.15. The topological polar surface area (TPSA) is 79.0 Å². The maximum Gasteiger partial charge on any atom is 0.329 e. The second-order valence-electron chi connectivity index (χ2n) is 5.74. The van der Waals surface area contributed by atoms with Crippen LogP contribution in [0.25, 0.3) is 6.08 Å². The molecule has 7 heteroatoms. The monoisotopic (exact) mass is 329 g/mol. The molecule has 0 radical (unpaired) electrons. The zero-order chi connectivity index (χ0) is 17.1. The zero-order valence-electron chi connectivity index (χ0n) is 13.4. The van der Waals surface area contributed by atoms with E-state index in [2.05, 4.69) is 15.0 Å². The summed E-state index contributed by atoms with van der Waals surface area (Å²) in [6.07, 6.45) is 4.02. The van der Waals surface area contributed by atoms with Gasteiger partial charge in [-0.3, -0.25) is 9.59 Å². The number of rotatable bonds is 4. The highest BCUT2D eigenvalue weighted by Gasteiger charge is 2.35. The van der Waals surface area contributed by atoms with Gasteiger partial charge in [0, 0.05) is 18.8 Å². The molecule has 1 aromatic carbocycles. The van der Waals surface area contributed by atoms with E-state index in [1.165, 1.54) is 20.0 Å². The van der Waals surface area contributed by atoms with Crippen LogP contribution in [0, 0.1) is 0 Å². The molecule has 126 valence electrons. The molecule has 0 aliphatic carbocycles. The van der Waals surface area contributed by atoms with E-state index in [0.717, 1.165) is 29.2 Å². The summed E-state index contributed by atoms with van der Waals surface area (Å²) in [7, 11) is 1.21. The number of carbonyl (C=O) groups excluding carboxylic acids is 3. The van der Waals surface area contributed by atoms with Crippen LogP contribution in [0.2, 0.25) is 0 Å². The van der Waals surface area contributed by atoms with Crippen LogP contribution in [0.3, 0.4) is 0 Å². The van der Waals surface area contributed by atoms with Crippen molar-refractivity contribution in [2.24, 2.45) is 0 Å². The second-order valence-corrected chi connectivity index (χ2v) is 5.74. The molecule has 0 atom stereocenters. The molecule has 1 N–H and O–H groups in total. The molecule has 3 rings (SSSR count). The molecule has 7 nitrogen and oxygen atoms in total. The van der Waals surface area contributed by atoms with Gasteiger partial charge in [0.15, 0.2) is 0 Å². The van der Waals surface area contributed by atoms with Gasteiger partial charge in [-0.05, 0) is 36.6 Å². The quantitative estimate of drug-likeness (QED) is 0.512.